The van der Waals surface area contributed by atoms with Gasteiger partial charge in [0.05, 0.1) is 6.54 Å². The fourth-order valence-electron chi connectivity index (χ4n) is 1.96. The molecule has 1 aromatic carbocycles. The second-order valence-electron chi connectivity index (χ2n) is 3.91. The average Bonchev–Trinajstić information content (AvgIpc) is 2.99. The van der Waals surface area contributed by atoms with E-state index in [4.69, 9.17) is 0 Å². The molecule has 0 saturated heterocycles. The van der Waals surface area contributed by atoms with Gasteiger partial charge >= 0.3 is 0 Å². The lowest BCUT2D eigenvalue weighted by Gasteiger charge is -2.16. The third-order valence-corrected chi connectivity index (χ3v) is 3.74. The molecule has 0 unspecified atom stereocenters. The molecule has 0 aliphatic carbocycles. The van der Waals surface area contributed by atoms with E-state index in [1.807, 2.05) is 41.8 Å². The zero-order valence-corrected chi connectivity index (χ0v) is 9.98. The van der Waals surface area contributed by atoms with Gasteiger partial charge in [0, 0.05) is 16.6 Å². The summed E-state index contributed by atoms with van der Waals surface area (Å²) in [6.07, 6.45) is 1.73. The highest BCUT2D eigenvalue weighted by Crippen LogP contribution is 2.28. The molecule has 0 bridgehead atoms. The highest BCUT2D eigenvalue weighted by molar-refractivity contribution is 7.11. The lowest BCUT2D eigenvalue weighted by molar-refractivity contribution is -0.113. The third kappa shape index (κ3) is 1.89. The Morgan fingerprint density at radius 3 is 2.59 bits per heavy atom. The predicted octanol–water partition coefficient (Wildman–Crippen LogP) is 3.18. The number of hydrogen-bond acceptors (Lipinski definition) is 2. The van der Waals surface area contributed by atoms with Crippen LogP contribution in [0.1, 0.15) is 4.88 Å². The van der Waals surface area contributed by atoms with Gasteiger partial charge in [0.15, 0.2) is 0 Å². The van der Waals surface area contributed by atoms with Gasteiger partial charge in [0.1, 0.15) is 0 Å². The van der Waals surface area contributed by atoms with E-state index in [2.05, 4.69) is 6.07 Å². The van der Waals surface area contributed by atoms with Crippen molar-refractivity contribution in [1.82, 2.24) is 0 Å². The summed E-state index contributed by atoms with van der Waals surface area (Å²) in [6.45, 7) is 0.670. The number of thiophene rings is 1. The summed E-state index contributed by atoms with van der Waals surface area (Å²) in [7, 11) is 0. The molecule has 1 aromatic heterocycles. The van der Waals surface area contributed by atoms with Gasteiger partial charge in [0.25, 0.3) is 5.91 Å². The van der Waals surface area contributed by atoms with Gasteiger partial charge in [-0.05, 0) is 29.2 Å². The predicted molar refractivity (Wildman–Crippen MR) is 71.1 cm³/mol. The molecule has 84 valence electrons. The molecule has 0 spiro atoms. The molecule has 2 nitrogen and oxygen atoms in total. The maximum Gasteiger partial charge on any atom is 0.251 e. The van der Waals surface area contributed by atoms with Crippen LogP contribution >= 0.6 is 11.3 Å². The smallest absolute Gasteiger partial charge is 0.251 e. The van der Waals surface area contributed by atoms with Crippen LogP contribution in [-0.2, 0) is 4.79 Å². The molecule has 1 aliphatic rings. The topological polar surface area (TPSA) is 20.3 Å². The minimum absolute atomic E-state index is 0.0691. The van der Waals surface area contributed by atoms with Gasteiger partial charge in [-0.1, -0.05) is 24.3 Å². The van der Waals surface area contributed by atoms with E-state index >= 15 is 0 Å². The van der Waals surface area contributed by atoms with Crippen LogP contribution in [-0.4, -0.2) is 12.5 Å². The van der Waals surface area contributed by atoms with Crippen LogP contribution in [0.5, 0.6) is 0 Å². The van der Waals surface area contributed by atoms with Gasteiger partial charge < -0.3 is 4.90 Å². The fraction of sp³-hybridized carbons (Fsp3) is 0.0714. The molecule has 2 aromatic rings. The number of benzene rings is 1. The molecule has 17 heavy (non-hydrogen) atoms. The molecule has 2 heterocycles. The Balaban J connectivity index is 1.88. The van der Waals surface area contributed by atoms with Gasteiger partial charge in [-0.25, -0.2) is 0 Å². The molecular weight excluding hydrogens is 230 g/mol. The number of amides is 1. The molecule has 1 amide bonds. The summed E-state index contributed by atoms with van der Waals surface area (Å²) in [5.41, 5.74) is 2.06. The molecule has 3 rings (SSSR count). The third-order valence-electron chi connectivity index (χ3n) is 2.80. The largest absolute Gasteiger partial charge is 0.304 e. The lowest BCUT2D eigenvalue weighted by atomic mass is 10.2. The Bertz CT molecular complexity index is 557. The molecule has 3 heteroatoms. The average molecular weight is 241 g/mol. The summed E-state index contributed by atoms with van der Waals surface area (Å²) in [4.78, 5) is 14.9. The SMILES string of the molecule is O=C1C=C(c2cccs2)CN1c1ccccc1. The number of anilines is 1. The Kier molecular flexibility index (Phi) is 2.53. The van der Waals surface area contributed by atoms with Crippen molar-refractivity contribution in [2.45, 2.75) is 0 Å². The Morgan fingerprint density at radius 2 is 1.88 bits per heavy atom. The van der Waals surface area contributed by atoms with E-state index in [9.17, 15) is 4.79 Å². The van der Waals surface area contributed by atoms with Crippen molar-refractivity contribution in [3.63, 3.8) is 0 Å². The number of nitrogens with zero attached hydrogens (tertiary/aromatic N) is 1. The molecule has 0 radical (unpaired) electrons. The zero-order valence-electron chi connectivity index (χ0n) is 9.17. The van der Waals surface area contributed by atoms with E-state index in [-0.39, 0.29) is 5.91 Å². The maximum absolute atomic E-state index is 11.9. The summed E-state index contributed by atoms with van der Waals surface area (Å²) < 4.78 is 0. The van der Waals surface area contributed by atoms with Crippen LogP contribution in [0.3, 0.4) is 0 Å². The summed E-state index contributed by atoms with van der Waals surface area (Å²) in [5.74, 6) is 0.0691. The first-order chi connectivity index (χ1) is 8.34. The van der Waals surface area contributed by atoms with Crippen LogP contribution in [0.15, 0.2) is 53.9 Å². The summed E-state index contributed by atoms with van der Waals surface area (Å²) in [6, 6.07) is 13.8. The van der Waals surface area contributed by atoms with Crippen molar-refractivity contribution < 1.29 is 4.79 Å². The Labute approximate surface area is 104 Å². The van der Waals surface area contributed by atoms with E-state index in [0.29, 0.717) is 6.54 Å². The van der Waals surface area contributed by atoms with E-state index < -0.39 is 0 Å². The molecule has 0 atom stereocenters. The minimum atomic E-state index is 0.0691. The van der Waals surface area contributed by atoms with Crippen molar-refractivity contribution in [2.24, 2.45) is 0 Å². The zero-order chi connectivity index (χ0) is 11.7. The van der Waals surface area contributed by atoms with Crippen LogP contribution in [0.4, 0.5) is 5.69 Å². The number of carbonyl (C=O) groups is 1. The molecule has 0 N–H and O–H groups in total. The normalized spacial score (nSPS) is 15.2. The van der Waals surface area contributed by atoms with Gasteiger partial charge in [-0.2, -0.15) is 0 Å². The van der Waals surface area contributed by atoms with E-state index in [1.54, 1.807) is 22.3 Å². The van der Waals surface area contributed by atoms with E-state index in [0.717, 1.165) is 11.3 Å². The number of rotatable bonds is 2. The highest BCUT2D eigenvalue weighted by Gasteiger charge is 2.23. The summed E-state index contributed by atoms with van der Waals surface area (Å²) in [5, 5.41) is 2.03. The van der Waals surface area contributed by atoms with Gasteiger partial charge in [-0.3, -0.25) is 4.79 Å². The van der Waals surface area contributed by atoms with Crippen LogP contribution in [0.25, 0.3) is 5.57 Å². The number of hydrogen-bond donors (Lipinski definition) is 0. The number of carbonyl (C=O) groups excluding carboxylic acids is 1. The van der Waals surface area contributed by atoms with Crippen LogP contribution < -0.4 is 4.90 Å². The standard InChI is InChI=1S/C14H11NOS/c16-14-9-11(13-7-4-8-17-13)10-15(14)12-5-2-1-3-6-12/h1-9H,10H2. The first-order valence-corrected chi connectivity index (χ1v) is 6.33. The molecule has 0 fully saturated rings. The van der Waals surface area contributed by atoms with Crippen LogP contribution in [0, 0.1) is 0 Å². The summed E-state index contributed by atoms with van der Waals surface area (Å²) >= 11 is 1.67. The Morgan fingerprint density at radius 1 is 1.06 bits per heavy atom. The molecule has 0 saturated carbocycles. The van der Waals surface area contributed by atoms with Crippen molar-refractivity contribution >= 4 is 28.5 Å². The monoisotopic (exact) mass is 241 g/mol. The fourth-order valence-corrected chi connectivity index (χ4v) is 2.69. The van der Waals surface area contributed by atoms with Crippen molar-refractivity contribution in [1.29, 1.82) is 0 Å². The van der Waals surface area contributed by atoms with E-state index in [1.165, 1.54) is 4.88 Å². The lowest BCUT2D eigenvalue weighted by Crippen LogP contribution is -2.24. The second-order valence-corrected chi connectivity index (χ2v) is 4.85. The Hall–Kier alpha value is -1.87. The van der Waals surface area contributed by atoms with Crippen molar-refractivity contribution in [3.05, 3.63) is 58.8 Å². The maximum atomic E-state index is 11.9. The van der Waals surface area contributed by atoms with Crippen molar-refractivity contribution in [2.75, 3.05) is 11.4 Å². The molecular formula is C14H11NOS. The molecule has 1 aliphatic heterocycles. The quantitative estimate of drug-likeness (QED) is 0.790. The van der Waals surface area contributed by atoms with Gasteiger partial charge in [-0.15, -0.1) is 11.3 Å². The highest BCUT2D eigenvalue weighted by atomic mass is 32.1. The first-order valence-electron chi connectivity index (χ1n) is 5.45. The van der Waals surface area contributed by atoms with Gasteiger partial charge in [0.2, 0.25) is 0 Å². The number of para-hydroxylation sites is 1. The minimum Gasteiger partial charge on any atom is -0.304 e. The van der Waals surface area contributed by atoms with Crippen molar-refractivity contribution in [3.8, 4) is 0 Å². The van der Waals surface area contributed by atoms with Crippen LogP contribution in [0.2, 0.25) is 0 Å². The second kappa shape index (κ2) is 4.18. The first kappa shape index (κ1) is 10.3.